The summed E-state index contributed by atoms with van der Waals surface area (Å²) in [5.41, 5.74) is 20.7. The normalized spacial score (nSPS) is 11.2. The van der Waals surface area contributed by atoms with Gasteiger partial charge in [0.25, 0.3) is 0 Å². The zero-order chi connectivity index (χ0) is 27.8. The van der Waals surface area contributed by atoms with E-state index in [2.05, 4.69) is 4.99 Å². The summed E-state index contributed by atoms with van der Waals surface area (Å²) in [6, 6.07) is 31.4. The van der Waals surface area contributed by atoms with Crippen molar-refractivity contribution >= 4 is 35.9 Å². The number of hydrogen-bond acceptors (Lipinski definition) is 4. The van der Waals surface area contributed by atoms with Gasteiger partial charge in [-0.25, -0.2) is 4.99 Å². The van der Waals surface area contributed by atoms with Gasteiger partial charge >= 0.3 is 0 Å². The highest BCUT2D eigenvalue weighted by molar-refractivity contribution is 5.92. The van der Waals surface area contributed by atoms with E-state index in [0.717, 1.165) is 16.7 Å². The third-order valence-electron chi connectivity index (χ3n) is 6.44. The Kier molecular flexibility index (Phi) is 10.3. The molecule has 0 spiro atoms. The molecule has 4 aromatic rings. The summed E-state index contributed by atoms with van der Waals surface area (Å²) >= 11 is 0. The van der Waals surface area contributed by atoms with Gasteiger partial charge in [-0.2, -0.15) is 0 Å². The van der Waals surface area contributed by atoms with Gasteiger partial charge in [0, 0.05) is 13.0 Å². The number of rotatable bonds is 10. The Balaban J connectivity index is 0.00000441. The van der Waals surface area contributed by atoms with E-state index in [1.165, 1.54) is 17.0 Å². The maximum atomic E-state index is 14.5. The van der Waals surface area contributed by atoms with Gasteiger partial charge < -0.3 is 27.2 Å². The number of para-hydroxylation sites is 1. The van der Waals surface area contributed by atoms with Crippen LogP contribution >= 0.6 is 12.4 Å². The number of aliphatic imine (C=N–C) groups is 1. The van der Waals surface area contributed by atoms with Crippen molar-refractivity contribution in [1.29, 1.82) is 0 Å². The first-order valence-electron chi connectivity index (χ1n) is 12.5. The number of nitrogens with two attached hydrogens (primary N) is 3. The molecule has 0 aliphatic rings. The van der Waals surface area contributed by atoms with E-state index in [-0.39, 0.29) is 43.0 Å². The monoisotopic (exact) mass is 557 g/mol. The number of halogens is 1. The summed E-state index contributed by atoms with van der Waals surface area (Å²) in [4.78, 5) is 33.2. The molecule has 8 nitrogen and oxygen atoms in total. The van der Waals surface area contributed by atoms with Crippen molar-refractivity contribution in [3.63, 3.8) is 0 Å². The Morgan fingerprint density at radius 3 is 1.80 bits per heavy atom. The fraction of sp³-hybridized carbons (Fsp3) is 0.129. The number of carbonyl (C=O) groups is 2. The summed E-state index contributed by atoms with van der Waals surface area (Å²) in [5, 5.41) is 9.79. The SMILES string of the molecule is Cl.NC(=O)[C@@H](Cc1ccccc1N=C(N)N)N(Cc1ccc(O)cc1)C(=O)C(c1ccccc1)c1ccccc1. The molecule has 0 saturated heterocycles. The van der Waals surface area contributed by atoms with E-state index in [1.54, 1.807) is 30.3 Å². The minimum absolute atomic E-state index is 0. The van der Waals surface area contributed by atoms with Crippen LogP contribution in [0.5, 0.6) is 5.75 Å². The molecule has 0 aliphatic heterocycles. The zero-order valence-corrected chi connectivity index (χ0v) is 22.6. The number of carbonyl (C=O) groups excluding carboxylic acids is 2. The van der Waals surface area contributed by atoms with Crippen LogP contribution in [0.4, 0.5) is 5.69 Å². The summed E-state index contributed by atoms with van der Waals surface area (Å²) in [6.07, 6.45) is 0.0996. The van der Waals surface area contributed by atoms with Gasteiger partial charge in [-0.3, -0.25) is 9.59 Å². The van der Waals surface area contributed by atoms with Gasteiger partial charge in [-0.15, -0.1) is 12.4 Å². The van der Waals surface area contributed by atoms with Crippen LogP contribution in [0.2, 0.25) is 0 Å². The molecule has 0 bridgehead atoms. The second-order valence-electron chi connectivity index (χ2n) is 9.17. The van der Waals surface area contributed by atoms with Crippen LogP contribution in [0, 0.1) is 0 Å². The second-order valence-corrected chi connectivity index (χ2v) is 9.17. The lowest BCUT2D eigenvalue weighted by Crippen LogP contribution is -2.50. The highest BCUT2D eigenvalue weighted by Crippen LogP contribution is 2.30. The van der Waals surface area contributed by atoms with E-state index in [4.69, 9.17) is 17.2 Å². The number of phenols is 1. The predicted octanol–water partition coefficient (Wildman–Crippen LogP) is 3.98. The minimum Gasteiger partial charge on any atom is -0.508 e. The first-order valence-corrected chi connectivity index (χ1v) is 12.5. The van der Waals surface area contributed by atoms with Crippen LogP contribution in [-0.4, -0.2) is 33.8 Å². The largest absolute Gasteiger partial charge is 0.508 e. The number of nitrogens with zero attached hydrogens (tertiary/aromatic N) is 2. The van der Waals surface area contributed by atoms with Crippen molar-refractivity contribution < 1.29 is 14.7 Å². The summed E-state index contributed by atoms with van der Waals surface area (Å²) in [6.45, 7) is 0.0906. The lowest BCUT2D eigenvalue weighted by molar-refractivity contribution is -0.140. The molecule has 2 amide bonds. The lowest BCUT2D eigenvalue weighted by Gasteiger charge is -2.34. The highest BCUT2D eigenvalue weighted by Gasteiger charge is 2.35. The van der Waals surface area contributed by atoms with E-state index in [1.807, 2.05) is 66.7 Å². The molecule has 0 unspecified atom stereocenters. The summed E-state index contributed by atoms with van der Waals surface area (Å²) in [5.74, 6) is -1.66. The fourth-order valence-electron chi connectivity index (χ4n) is 4.58. The molecule has 4 rings (SSSR count). The maximum Gasteiger partial charge on any atom is 0.240 e. The number of aromatic hydroxyl groups is 1. The maximum absolute atomic E-state index is 14.5. The standard InChI is InChI=1S/C31H31N5O3.ClH/c32-29(38)27(19-24-13-7-8-14-26(24)35-31(33)34)36(20-21-15-17-25(37)18-16-21)30(39)28(22-9-3-1-4-10-22)23-11-5-2-6-12-23;/h1-18,27-28,37H,19-20H2,(H2,32,38)(H4,33,34,35);1H/t27-;/m1./s1. The van der Waals surface area contributed by atoms with Gasteiger partial charge in [0.05, 0.1) is 11.6 Å². The Morgan fingerprint density at radius 1 is 0.750 bits per heavy atom. The van der Waals surface area contributed by atoms with E-state index in [0.29, 0.717) is 11.3 Å². The molecule has 0 aliphatic carbocycles. The summed E-state index contributed by atoms with van der Waals surface area (Å²) < 4.78 is 0. The number of guanidine groups is 1. The van der Waals surface area contributed by atoms with E-state index in [9.17, 15) is 14.7 Å². The topological polar surface area (TPSA) is 148 Å². The lowest BCUT2D eigenvalue weighted by atomic mass is 9.88. The molecule has 0 heterocycles. The molecule has 0 saturated carbocycles. The van der Waals surface area contributed by atoms with Crippen LogP contribution < -0.4 is 17.2 Å². The quantitative estimate of drug-likeness (QED) is 0.172. The zero-order valence-electron chi connectivity index (χ0n) is 21.8. The first kappa shape index (κ1) is 29.7. The minimum atomic E-state index is -1.02. The highest BCUT2D eigenvalue weighted by atomic mass is 35.5. The number of hydrogen-bond donors (Lipinski definition) is 4. The number of benzene rings is 4. The molecular weight excluding hydrogens is 526 g/mol. The van der Waals surface area contributed by atoms with Gasteiger partial charge in [0.15, 0.2) is 5.96 Å². The Morgan fingerprint density at radius 2 is 1.27 bits per heavy atom. The predicted molar refractivity (Wildman–Crippen MR) is 159 cm³/mol. The summed E-state index contributed by atoms with van der Waals surface area (Å²) in [7, 11) is 0. The smallest absolute Gasteiger partial charge is 0.240 e. The molecule has 40 heavy (non-hydrogen) atoms. The Hall–Kier alpha value is -4.82. The third kappa shape index (κ3) is 7.39. The van der Waals surface area contributed by atoms with Crippen LogP contribution in [-0.2, 0) is 22.6 Å². The number of primary amides is 1. The molecule has 0 radical (unpaired) electrons. The van der Waals surface area contributed by atoms with Crippen molar-refractivity contribution in [3.05, 3.63) is 131 Å². The van der Waals surface area contributed by atoms with Gasteiger partial charge in [-0.1, -0.05) is 91.0 Å². The van der Waals surface area contributed by atoms with Crippen LogP contribution in [0.15, 0.2) is 114 Å². The average Bonchev–Trinajstić information content (AvgIpc) is 2.93. The van der Waals surface area contributed by atoms with Crippen LogP contribution in [0.3, 0.4) is 0 Å². The van der Waals surface area contributed by atoms with Gasteiger partial charge in [-0.05, 0) is 40.5 Å². The molecule has 4 aromatic carbocycles. The molecule has 206 valence electrons. The molecule has 7 N–H and O–H groups in total. The van der Waals surface area contributed by atoms with Crippen molar-refractivity contribution in [2.24, 2.45) is 22.2 Å². The Labute approximate surface area is 239 Å². The Bertz CT molecular complexity index is 1400. The molecule has 0 fully saturated rings. The van der Waals surface area contributed by atoms with Crippen molar-refractivity contribution in [1.82, 2.24) is 4.90 Å². The van der Waals surface area contributed by atoms with Gasteiger partial charge in [0.1, 0.15) is 11.8 Å². The molecule has 1 atom stereocenters. The molecular formula is C31H32ClN5O3. The molecule has 9 heteroatoms. The first-order chi connectivity index (χ1) is 18.8. The van der Waals surface area contributed by atoms with Crippen molar-refractivity contribution in [2.45, 2.75) is 24.9 Å². The van der Waals surface area contributed by atoms with Crippen molar-refractivity contribution in [2.75, 3.05) is 0 Å². The van der Waals surface area contributed by atoms with E-state index >= 15 is 0 Å². The van der Waals surface area contributed by atoms with Crippen LogP contribution in [0.1, 0.15) is 28.2 Å². The van der Waals surface area contributed by atoms with Crippen molar-refractivity contribution in [3.8, 4) is 5.75 Å². The molecule has 0 aromatic heterocycles. The average molecular weight is 558 g/mol. The van der Waals surface area contributed by atoms with Crippen LogP contribution in [0.25, 0.3) is 0 Å². The number of amides is 2. The third-order valence-corrected chi connectivity index (χ3v) is 6.44. The van der Waals surface area contributed by atoms with E-state index < -0.39 is 17.9 Å². The second kappa shape index (κ2) is 13.8. The fourth-order valence-corrected chi connectivity index (χ4v) is 4.58. The number of phenolic OH excluding ortho intramolecular Hbond substituents is 1. The van der Waals surface area contributed by atoms with Gasteiger partial charge in [0.2, 0.25) is 11.8 Å².